The number of halogens is 2. The van der Waals surface area contributed by atoms with Gasteiger partial charge in [0.2, 0.25) is 0 Å². The Balaban J connectivity index is 0.00000288. The van der Waals surface area contributed by atoms with Crippen LogP contribution in [-0.4, -0.2) is 42.6 Å². The first kappa shape index (κ1) is 20.2. The molecular formula is C17H21Cl2N3O2. The van der Waals surface area contributed by atoms with Crippen molar-refractivity contribution in [3.63, 3.8) is 0 Å². The summed E-state index contributed by atoms with van der Waals surface area (Å²) >= 11 is 6.14. The van der Waals surface area contributed by atoms with Crippen LogP contribution in [0.5, 0.6) is 0 Å². The topological polar surface area (TPSA) is 54.3 Å². The lowest BCUT2D eigenvalue weighted by Crippen LogP contribution is -2.33. The van der Waals surface area contributed by atoms with Crippen LogP contribution in [0.4, 0.5) is 0 Å². The van der Waals surface area contributed by atoms with Crippen molar-refractivity contribution >= 4 is 29.9 Å². The molecular weight excluding hydrogens is 349 g/mol. The van der Waals surface area contributed by atoms with Crippen molar-refractivity contribution in [3.8, 4) is 0 Å². The summed E-state index contributed by atoms with van der Waals surface area (Å²) in [7, 11) is 3.57. The normalized spacial score (nSPS) is 10.1. The lowest BCUT2D eigenvalue weighted by atomic mass is 10.2. The smallest absolute Gasteiger partial charge is 0.255 e. The molecule has 0 fully saturated rings. The minimum Gasteiger partial charge on any atom is -0.340 e. The number of amides is 1. The van der Waals surface area contributed by atoms with Gasteiger partial charge < -0.3 is 14.8 Å². The summed E-state index contributed by atoms with van der Waals surface area (Å²) in [6.45, 7) is 1.64. The molecule has 0 bridgehead atoms. The number of nitrogens with zero attached hydrogens (tertiary/aromatic N) is 2. The third-order valence-electron chi connectivity index (χ3n) is 3.57. The highest BCUT2D eigenvalue weighted by Gasteiger charge is 2.13. The predicted molar refractivity (Wildman–Crippen MR) is 99.4 cm³/mol. The predicted octanol–water partition coefficient (Wildman–Crippen LogP) is 2.26. The summed E-state index contributed by atoms with van der Waals surface area (Å²) in [5.41, 5.74) is 1.15. The van der Waals surface area contributed by atoms with Crippen LogP contribution in [0.25, 0.3) is 0 Å². The molecule has 0 atom stereocenters. The van der Waals surface area contributed by atoms with Crippen LogP contribution >= 0.6 is 24.0 Å². The molecule has 0 radical (unpaired) electrons. The highest BCUT2D eigenvalue weighted by molar-refractivity contribution is 6.31. The van der Waals surface area contributed by atoms with Gasteiger partial charge in [0.1, 0.15) is 0 Å². The molecule has 1 N–H and O–H groups in total. The van der Waals surface area contributed by atoms with Crippen LogP contribution in [0.1, 0.15) is 15.9 Å². The van der Waals surface area contributed by atoms with E-state index in [1.807, 2.05) is 25.2 Å². The van der Waals surface area contributed by atoms with Crippen LogP contribution in [0, 0.1) is 0 Å². The van der Waals surface area contributed by atoms with E-state index in [4.69, 9.17) is 11.6 Å². The highest BCUT2D eigenvalue weighted by atomic mass is 35.5. The van der Waals surface area contributed by atoms with Crippen LogP contribution in [0.3, 0.4) is 0 Å². The minimum atomic E-state index is -0.167. The van der Waals surface area contributed by atoms with Gasteiger partial charge in [-0.2, -0.15) is 0 Å². The monoisotopic (exact) mass is 369 g/mol. The van der Waals surface area contributed by atoms with E-state index in [0.717, 1.165) is 5.56 Å². The van der Waals surface area contributed by atoms with Crippen molar-refractivity contribution in [1.82, 2.24) is 14.8 Å². The largest absolute Gasteiger partial charge is 0.340 e. The Morgan fingerprint density at radius 3 is 2.62 bits per heavy atom. The molecule has 2 aromatic rings. The molecule has 130 valence electrons. The molecule has 1 amide bonds. The zero-order valence-corrected chi connectivity index (χ0v) is 15.2. The molecule has 1 aromatic heterocycles. The van der Waals surface area contributed by atoms with Crippen molar-refractivity contribution in [3.05, 3.63) is 69.1 Å². The van der Waals surface area contributed by atoms with Crippen molar-refractivity contribution < 1.29 is 4.79 Å². The van der Waals surface area contributed by atoms with E-state index >= 15 is 0 Å². The van der Waals surface area contributed by atoms with Gasteiger partial charge in [-0.05, 0) is 24.7 Å². The molecule has 1 heterocycles. The lowest BCUT2D eigenvalue weighted by molar-refractivity contribution is 0.0796. The Morgan fingerprint density at radius 2 is 1.96 bits per heavy atom. The second-order valence-corrected chi connectivity index (χ2v) is 5.71. The molecule has 24 heavy (non-hydrogen) atoms. The average molecular weight is 370 g/mol. The van der Waals surface area contributed by atoms with E-state index in [1.54, 1.807) is 30.3 Å². The first-order valence-corrected chi connectivity index (χ1v) is 7.74. The van der Waals surface area contributed by atoms with E-state index in [-0.39, 0.29) is 23.9 Å². The molecule has 7 heteroatoms. The van der Waals surface area contributed by atoms with Gasteiger partial charge in [0.05, 0.1) is 12.1 Å². The molecule has 0 aliphatic rings. The Kier molecular flexibility index (Phi) is 7.98. The molecule has 0 unspecified atom stereocenters. The summed E-state index contributed by atoms with van der Waals surface area (Å²) < 4.78 is 1.50. The molecule has 2 rings (SSSR count). The van der Waals surface area contributed by atoms with Crippen LogP contribution in [0.15, 0.2) is 47.4 Å². The van der Waals surface area contributed by atoms with Crippen LogP contribution in [-0.2, 0) is 6.54 Å². The fourth-order valence-corrected chi connectivity index (χ4v) is 2.39. The third-order valence-corrected chi connectivity index (χ3v) is 3.94. The van der Waals surface area contributed by atoms with Crippen molar-refractivity contribution in [2.24, 2.45) is 0 Å². The summed E-state index contributed by atoms with van der Waals surface area (Å²) in [6.07, 6.45) is 1.59. The second-order valence-electron chi connectivity index (χ2n) is 5.31. The number of carbonyl (C=O) groups is 1. The Bertz CT molecular complexity index is 747. The lowest BCUT2D eigenvalue weighted by Gasteiger charge is -2.17. The van der Waals surface area contributed by atoms with Gasteiger partial charge in [-0.1, -0.05) is 29.8 Å². The van der Waals surface area contributed by atoms with Crippen molar-refractivity contribution in [1.29, 1.82) is 0 Å². The third kappa shape index (κ3) is 5.09. The minimum absolute atomic E-state index is 0. The van der Waals surface area contributed by atoms with E-state index in [1.165, 1.54) is 10.6 Å². The van der Waals surface area contributed by atoms with E-state index < -0.39 is 0 Å². The number of rotatable bonds is 6. The maximum absolute atomic E-state index is 12.4. The van der Waals surface area contributed by atoms with E-state index in [9.17, 15) is 9.59 Å². The first-order chi connectivity index (χ1) is 11.0. The van der Waals surface area contributed by atoms with E-state index in [0.29, 0.717) is 30.2 Å². The number of pyridine rings is 1. The molecule has 5 nitrogen and oxygen atoms in total. The van der Waals surface area contributed by atoms with Gasteiger partial charge in [0.25, 0.3) is 11.5 Å². The van der Waals surface area contributed by atoms with Gasteiger partial charge in [0.15, 0.2) is 0 Å². The maximum atomic E-state index is 12.4. The Labute approximate surface area is 152 Å². The van der Waals surface area contributed by atoms with Gasteiger partial charge in [0, 0.05) is 37.4 Å². The number of hydrogen-bond acceptors (Lipinski definition) is 3. The number of carbonyl (C=O) groups excluding carboxylic acids is 1. The second kappa shape index (κ2) is 9.47. The van der Waals surface area contributed by atoms with Crippen molar-refractivity contribution in [2.75, 3.05) is 27.2 Å². The number of aromatic nitrogens is 1. The summed E-state index contributed by atoms with van der Waals surface area (Å²) in [5.74, 6) is -0.117. The highest BCUT2D eigenvalue weighted by Crippen LogP contribution is 2.15. The molecule has 0 saturated carbocycles. The van der Waals surface area contributed by atoms with Gasteiger partial charge in [-0.25, -0.2) is 0 Å². The summed E-state index contributed by atoms with van der Waals surface area (Å²) in [4.78, 5) is 26.0. The quantitative estimate of drug-likeness (QED) is 0.849. The average Bonchev–Trinajstić information content (AvgIpc) is 2.56. The Morgan fingerprint density at radius 1 is 1.25 bits per heavy atom. The molecule has 0 spiro atoms. The fourth-order valence-electron chi connectivity index (χ4n) is 2.19. The summed E-state index contributed by atoms with van der Waals surface area (Å²) in [5, 5.41) is 3.60. The van der Waals surface area contributed by atoms with Gasteiger partial charge >= 0.3 is 0 Å². The number of likely N-dealkylation sites (N-methyl/N-ethyl adjacent to an activating group) is 2. The zero-order valence-electron chi connectivity index (χ0n) is 13.7. The molecule has 0 aliphatic carbocycles. The van der Waals surface area contributed by atoms with Gasteiger partial charge in [-0.15, -0.1) is 12.4 Å². The van der Waals surface area contributed by atoms with Gasteiger partial charge in [-0.3, -0.25) is 9.59 Å². The van der Waals surface area contributed by atoms with Crippen LogP contribution < -0.4 is 10.9 Å². The SMILES string of the molecule is CNCCN(C)C(=O)c1ccc(=O)n(Cc2ccccc2Cl)c1.Cl. The van der Waals surface area contributed by atoms with E-state index in [2.05, 4.69) is 5.32 Å². The molecule has 0 saturated heterocycles. The Hall–Kier alpha value is -1.82. The molecule has 1 aromatic carbocycles. The first-order valence-electron chi connectivity index (χ1n) is 7.37. The fraction of sp³-hybridized carbons (Fsp3) is 0.294. The molecule has 0 aliphatic heterocycles. The number of benzene rings is 1. The number of hydrogen-bond donors (Lipinski definition) is 1. The number of nitrogens with one attached hydrogen (secondary N) is 1. The maximum Gasteiger partial charge on any atom is 0.255 e. The van der Waals surface area contributed by atoms with Crippen LogP contribution in [0.2, 0.25) is 5.02 Å². The van der Waals surface area contributed by atoms with Crippen molar-refractivity contribution in [2.45, 2.75) is 6.54 Å². The summed E-state index contributed by atoms with van der Waals surface area (Å²) in [6, 6.07) is 10.3. The zero-order chi connectivity index (χ0) is 16.8. The standard InChI is InChI=1S/C17H20ClN3O2.ClH/c1-19-9-10-20(2)17(23)14-7-8-16(22)21(12-14)11-13-5-3-4-6-15(13)18;/h3-8,12,19H,9-11H2,1-2H3;1H.